The summed E-state index contributed by atoms with van der Waals surface area (Å²) < 4.78 is 30.9. The van der Waals surface area contributed by atoms with Gasteiger partial charge in [0.15, 0.2) is 0 Å². The van der Waals surface area contributed by atoms with Crippen molar-refractivity contribution < 1.29 is 37.3 Å². The zero-order valence-electron chi connectivity index (χ0n) is 60.9. The van der Waals surface area contributed by atoms with Gasteiger partial charge in [0.05, 0.1) is 33.8 Å². The van der Waals surface area contributed by atoms with Gasteiger partial charge in [-0.15, -0.1) is 0 Å². The van der Waals surface area contributed by atoms with Crippen LogP contribution in [0.4, 0.5) is 0 Å². The Morgan fingerprint density at radius 1 is 0.389 bits per heavy atom. The van der Waals surface area contributed by atoms with Crippen LogP contribution < -0.4 is 5.32 Å². The molecule has 0 aromatic carbocycles. The number of phosphoric ester groups is 1. The monoisotopic (exact) mass is 1290 g/mol. The number of nitrogens with zero attached hydrogens (tertiary/aromatic N) is 1. The summed E-state index contributed by atoms with van der Waals surface area (Å²) in [5.74, 6) is -0.483. The first-order valence-electron chi connectivity index (χ1n) is 39.5. The molecule has 0 saturated heterocycles. The summed E-state index contributed by atoms with van der Waals surface area (Å²) in [5.41, 5.74) is 0. The molecule has 2 N–H and O–H groups in total. The lowest BCUT2D eigenvalue weighted by Gasteiger charge is -2.27. The van der Waals surface area contributed by atoms with Crippen LogP contribution in [0.1, 0.15) is 400 Å². The van der Waals surface area contributed by atoms with E-state index in [9.17, 15) is 19.0 Å². The number of hydrogen-bond acceptors (Lipinski definition) is 6. The first-order chi connectivity index (χ1) is 43.9. The van der Waals surface area contributed by atoms with E-state index in [4.69, 9.17) is 13.8 Å². The van der Waals surface area contributed by atoms with Crippen LogP contribution in [0.2, 0.25) is 0 Å². The molecule has 0 aliphatic heterocycles. The number of unbranched alkanes of at least 4 members (excludes halogenated alkanes) is 51. The molecule has 1 amide bonds. The van der Waals surface area contributed by atoms with Crippen molar-refractivity contribution >= 4 is 19.7 Å². The van der Waals surface area contributed by atoms with Crippen molar-refractivity contribution in [3.63, 3.8) is 0 Å². The van der Waals surface area contributed by atoms with Crippen LogP contribution in [0.15, 0.2) is 48.6 Å². The van der Waals surface area contributed by atoms with E-state index >= 15 is 0 Å². The van der Waals surface area contributed by atoms with E-state index < -0.39 is 20.0 Å². The van der Waals surface area contributed by atoms with Gasteiger partial charge >= 0.3 is 13.8 Å². The van der Waals surface area contributed by atoms with E-state index in [1.165, 1.54) is 295 Å². The molecule has 0 aromatic rings. The summed E-state index contributed by atoms with van der Waals surface area (Å²) in [4.78, 5) is 38.0. The summed E-state index contributed by atoms with van der Waals surface area (Å²) >= 11 is 0. The molecule has 0 radical (unpaired) electrons. The lowest BCUT2D eigenvalue weighted by Crippen LogP contribution is -2.47. The minimum Gasteiger partial charge on any atom is -0.456 e. The molecule has 0 heterocycles. The molecule has 0 aliphatic carbocycles. The van der Waals surface area contributed by atoms with E-state index in [-0.39, 0.29) is 25.1 Å². The minimum atomic E-state index is -4.46. The maximum absolute atomic E-state index is 13.7. The van der Waals surface area contributed by atoms with Gasteiger partial charge in [-0.2, -0.15) is 0 Å². The molecule has 10 heteroatoms. The van der Waals surface area contributed by atoms with E-state index in [1.54, 1.807) is 0 Å². The molecule has 530 valence electrons. The second kappa shape index (κ2) is 69.8. The van der Waals surface area contributed by atoms with Gasteiger partial charge in [0.1, 0.15) is 19.3 Å². The maximum atomic E-state index is 13.7. The summed E-state index contributed by atoms with van der Waals surface area (Å²) in [6.07, 6.45) is 90.0. The van der Waals surface area contributed by atoms with Crippen LogP contribution in [-0.4, -0.2) is 74.3 Å². The fourth-order valence-electron chi connectivity index (χ4n) is 12.0. The molecule has 3 atom stereocenters. The number of hydrogen-bond donors (Lipinski definition) is 2. The molecular formula is C80H154N2O7P+. The number of likely N-dealkylation sites (N-methyl/N-ethyl adjacent to an activating group) is 1. The molecular weight excluding hydrogens is 1130 g/mol. The fourth-order valence-corrected chi connectivity index (χ4v) is 12.7. The van der Waals surface area contributed by atoms with Gasteiger partial charge in [0, 0.05) is 12.8 Å². The largest absolute Gasteiger partial charge is 0.472 e. The fraction of sp³-hybridized carbons (Fsp3) is 0.875. The van der Waals surface area contributed by atoms with Gasteiger partial charge in [0.2, 0.25) is 5.91 Å². The van der Waals surface area contributed by atoms with E-state index in [2.05, 4.69) is 68.6 Å². The van der Waals surface area contributed by atoms with Crippen LogP contribution in [0.25, 0.3) is 0 Å². The van der Waals surface area contributed by atoms with Crippen molar-refractivity contribution in [3.8, 4) is 0 Å². The smallest absolute Gasteiger partial charge is 0.456 e. The van der Waals surface area contributed by atoms with Gasteiger partial charge < -0.3 is 19.4 Å². The first-order valence-corrected chi connectivity index (χ1v) is 41.0. The maximum Gasteiger partial charge on any atom is 0.472 e. The molecule has 0 aliphatic rings. The molecule has 0 rings (SSSR count). The highest BCUT2D eigenvalue weighted by molar-refractivity contribution is 7.47. The predicted octanol–water partition coefficient (Wildman–Crippen LogP) is 25.5. The number of esters is 1. The molecule has 9 nitrogen and oxygen atoms in total. The molecule has 0 saturated carbocycles. The van der Waals surface area contributed by atoms with Crippen molar-refractivity contribution in [3.05, 3.63) is 48.6 Å². The number of nitrogens with one attached hydrogen (secondary N) is 1. The van der Waals surface area contributed by atoms with Crippen molar-refractivity contribution in [2.45, 2.75) is 412 Å². The zero-order valence-corrected chi connectivity index (χ0v) is 61.8. The second-order valence-corrected chi connectivity index (χ2v) is 29.7. The SMILES string of the molecule is CCCCC/C=C\C/C=C\C/C=C\CCCCCCCCCCCCCCCCC(=O)NC(COP(=O)(O)OCC[N+](C)(C)C)C(/C=C/CCCCCCCCCCCC)OC(=O)CCCCCCCCCCCCCCCCCCCCCCCCCCC. The lowest BCUT2D eigenvalue weighted by molar-refractivity contribution is -0.870. The quantitative estimate of drug-likeness (QED) is 0.0205. The van der Waals surface area contributed by atoms with Crippen molar-refractivity contribution in [1.29, 1.82) is 0 Å². The van der Waals surface area contributed by atoms with E-state index in [0.717, 1.165) is 70.6 Å². The minimum absolute atomic E-state index is 0.0426. The van der Waals surface area contributed by atoms with Gasteiger partial charge in [0.25, 0.3) is 0 Å². The summed E-state index contributed by atoms with van der Waals surface area (Å²) in [5, 5.41) is 3.09. The van der Waals surface area contributed by atoms with Crippen molar-refractivity contribution in [2.24, 2.45) is 0 Å². The normalized spacial score (nSPS) is 13.6. The molecule has 0 spiro atoms. The topological polar surface area (TPSA) is 111 Å². The standard InChI is InChI=1S/C80H153N2O7P/c1-7-10-13-16-19-22-25-28-30-32-34-36-38-40-41-43-44-46-48-50-52-54-57-60-63-66-69-72-79(83)81-77(76-88-90(85,86)87-75-74-82(4,5)6)78(71-68-65-62-59-56-27-24-21-18-15-12-9-3)89-80(84)73-70-67-64-61-58-55-53-51-49-47-45-42-39-37-35-33-31-29-26-23-20-17-14-11-8-2/h19,22,28,30,34,36,68,71,77-78H,7-18,20-21,23-27,29,31-33,35,37-67,69-70,72-76H2,1-6H3,(H-,81,83,85,86)/p+1/b22-19-,30-28-,36-34-,71-68+. The van der Waals surface area contributed by atoms with E-state index in [1.807, 2.05) is 27.2 Å². The number of quaternary nitrogens is 1. The number of ether oxygens (including phenoxy) is 1. The lowest BCUT2D eigenvalue weighted by atomic mass is 10.0. The van der Waals surface area contributed by atoms with Crippen LogP contribution >= 0.6 is 7.82 Å². The molecule has 0 aromatic heterocycles. The second-order valence-electron chi connectivity index (χ2n) is 28.2. The molecule has 90 heavy (non-hydrogen) atoms. The number of rotatable bonds is 73. The Hall–Kier alpha value is -2.03. The van der Waals surface area contributed by atoms with Gasteiger partial charge in [-0.05, 0) is 70.3 Å². The number of carbonyl (C=O) groups excluding carboxylic acids is 2. The first kappa shape index (κ1) is 88.0. The highest BCUT2D eigenvalue weighted by atomic mass is 31.2. The third-order valence-electron chi connectivity index (χ3n) is 18.0. The average Bonchev–Trinajstić information content (AvgIpc) is 3.04. The molecule has 0 fully saturated rings. The Labute approximate surface area is 560 Å². The number of phosphoric acid groups is 1. The van der Waals surface area contributed by atoms with Crippen LogP contribution in [0.5, 0.6) is 0 Å². The van der Waals surface area contributed by atoms with Crippen molar-refractivity contribution in [2.75, 3.05) is 40.9 Å². The van der Waals surface area contributed by atoms with Crippen LogP contribution in [0.3, 0.4) is 0 Å². The third kappa shape index (κ3) is 70.3. The summed E-state index contributed by atoms with van der Waals surface area (Å²) in [6.45, 7) is 7.06. The number of allylic oxidation sites excluding steroid dienone is 7. The Balaban J connectivity index is 4.91. The predicted molar refractivity (Wildman–Crippen MR) is 392 cm³/mol. The Morgan fingerprint density at radius 2 is 0.678 bits per heavy atom. The zero-order chi connectivity index (χ0) is 65.6. The number of amides is 1. The Bertz CT molecular complexity index is 1680. The van der Waals surface area contributed by atoms with Crippen LogP contribution in [-0.2, 0) is 27.9 Å². The average molecular weight is 1290 g/mol. The molecule has 3 unspecified atom stereocenters. The summed E-state index contributed by atoms with van der Waals surface area (Å²) in [7, 11) is 1.51. The van der Waals surface area contributed by atoms with Crippen LogP contribution in [0, 0.1) is 0 Å². The highest BCUT2D eigenvalue weighted by Crippen LogP contribution is 2.43. The van der Waals surface area contributed by atoms with E-state index in [0.29, 0.717) is 23.9 Å². The Morgan fingerprint density at radius 3 is 1.03 bits per heavy atom. The number of carbonyl (C=O) groups is 2. The Kier molecular flexibility index (Phi) is 68.2. The highest BCUT2D eigenvalue weighted by Gasteiger charge is 2.30. The van der Waals surface area contributed by atoms with Gasteiger partial charge in [-0.1, -0.05) is 365 Å². The van der Waals surface area contributed by atoms with Gasteiger partial charge in [-0.3, -0.25) is 18.6 Å². The third-order valence-corrected chi connectivity index (χ3v) is 19.0. The molecule has 0 bridgehead atoms. The van der Waals surface area contributed by atoms with Crippen molar-refractivity contribution in [1.82, 2.24) is 5.32 Å². The summed E-state index contributed by atoms with van der Waals surface area (Å²) in [6, 6.07) is -0.847. The van der Waals surface area contributed by atoms with Gasteiger partial charge in [-0.25, -0.2) is 4.57 Å².